The van der Waals surface area contributed by atoms with Crippen molar-refractivity contribution in [1.82, 2.24) is 4.90 Å². The zero-order chi connectivity index (χ0) is 14.3. The van der Waals surface area contributed by atoms with Crippen LogP contribution in [0.1, 0.15) is 24.2 Å². The first-order valence-electron chi connectivity index (χ1n) is 6.22. The Morgan fingerprint density at radius 1 is 1.16 bits per heavy atom. The highest BCUT2D eigenvalue weighted by Crippen LogP contribution is 2.13. The quantitative estimate of drug-likeness (QED) is 0.735. The van der Waals surface area contributed by atoms with E-state index in [-0.39, 0.29) is 18.5 Å². The molecule has 0 aliphatic heterocycles. The summed E-state index contributed by atoms with van der Waals surface area (Å²) in [7, 11) is 1.72. The van der Waals surface area contributed by atoms with Gasteiger partial charge in [0.2, 0.25) is 0 Å². The van der Waals surface area contributed by atoms with Crippen LogP contribution in [-0.2, 0) is 9.53 Å². The van der Waals surface area contributed by atoms with Gasteiger partial charge in [-0.25, -0.2) is 4.79 Å². The van der Waals surface area contributed by atoms with Gasteiger partial charge in [-0.1, -0.05) is 0 Å². The summed E-state index contributed by atoms with van der Waals surface area (Å²) in [5, 5.41) is 0. The van der Waals surface area contributed by atoms with Gasteiger partial charge in [-0.05, 0) is 38.1 Å². The molecule has 0 aromatic heterocycles. The molecule has 0 heterocycles. The molecule has 0 radical (unpaired) electrons. The zero-order valence-corrected chi connectivity index (χ0v) is 11.5. The average molecular weight is 265 g/mol. The molecule has 1 amide bonds. The summed E-state index contributed by atoms with van der Waals surface area (Å²) in [5.74, 6) is 0.0960. The van der Waals surface area contributed by atoms with Crippen LogP contribution in [0, 0.1) is 0 Å². The monoisotopic (exact) mass is 265 g/mol. The second kappa shape index (κ2) is 7.41. The Balaban J connectivity index is 2.53. The molecule has 104 valence electrons. The maximum absolute atomic E-state index is 11.5. The first-order valence-corrected chi connectivity index (χ1v) is 6.22. The van der Waals surface area contributed by atoms with Crippen molar-refractivity contribution in [2.45, 2.75) is 13.8 Å². The molecule has 0 spiro atoms. The van der Waals surface area contributed by atoms with Crippen LogP contribution in [0.25, 0.3) is 0 Å². The minimum absolute atomic E-state index is 0.0108. The van der Waals surface area contributed by atoms with E-state index in [1.54, 1.807) is 43.1 Å². The summed E-state index contributed by atoms with van der Waals surface area (Å²) in [6.07, 6.45) is 0. The fraction of sp³-hybridized carbons (Fsp3) is 0.429. The molecule has 0 atom stereocenters. The van der Waals surface area contributed by atoms with Crippen LogP contribution >= 0.6 is 0 Å². The first kappa shape index (κ1) is 15.0. The lowest BCUT2D eigenvalue weighted by Gasteiger charge is -2.14. The molecule has 0 fully saturated rings. The van der Waals surface area contributed by atoms with Crippen LogP contribution in [0.2, 0.25) is 0 Å². The molecule has 0 N–H and O–H groups in total. The Bertz CT molecular complexity index is 428. The number of benzene rings is 1. The molecule has 0 saturated heterocycles. The highest BCUT2D eigenvalue weighted by Gasteiger charge is 2.09. The number of amides is 1. The third kappa shape index (κ3) is 4.62. The van der Waals surface area contributed by atoms with E-state index in [0.717, 1.165) is 0 Å². The number of hydrogen-bond donors (Lipinski definition) is 0. The van der Waals surface area contributed by atoms with Crippen molar-refractivity contribution in [3.63, 3.8) is 0 Å². The van der Waals surface area contributed by atoms with Crippen molar-refractivity contribution < 1.29 is 19.1 Å². The van der Waals surface area contributed by atoms with Gasteiger partial charge >= 0.3 is 5.97 Å². The second-order valence-electron chi connectivity index (χ2n) is 3.94. The van der Waals surface area contributed by atoms with E-state index < -0.39 is 0 Å². The van der Waals surface area contributed by atoms with Crippen LogP contribution in [-0.4, -0.2) is 43.6 Å². The van der Waals surface area contributed by atoms with E-state index in [1.807, 2.05) is 6.92 Å². The second-order valence-corrected chi connectivity index (χ2v) is 3.94. The van der Waals surface area contributed by atoms with Crippen LogP contribution < -0.4 is 4.74 Å². The van der Waals surface area contributed by atoms with E-state index >= 15 is 0 Å². The molecule has 1 rings (SSSR count). The predicted octanol–water partition coefficient (Wildman–Crippen LogP) is 1.72. The Labute approximate surface area is 113 Å². The van der Waals surface area contributed by atoms with E-state index in [9.17, 15) is 9.59 Å². The lowest BCUT2D eigenvalue weighted by molar-refractivity contribution is -0.131. The number of rotatable bonds is 6. The maximum atomic E-state index is 11.5. The van der Waals surface area contributed by atoms with Gasteiger partial charge in [0, 0.05) is 13.6 Å². The minimum Gasteiger partial charge on any atom is -0.484 e. The molecule has 0 aliphatic rings. The zero-order valence-electron chi connectivity index (χ0n) is 11.5. The standard InChI is InChI=1S/C14H19NO4/c1-4-15(3)13(16)10-19-12-8-6-11(7-9-12)14(17)18-5-2/h6-9H,4-5,10H2,1-3H3. The molecule has 5 nitrogen and oxygen atoms in total. The fourth-order valence-corrected chi connectivity index (χ4v) is 1.33. The first-order chi connectivity index (χ1) is 9.08. The van der Waals surface area contributed by atoms with E-state index in [2.05, 4.69) is 0 Å². The molecule has 19 heavy (non-hydrogen) atoms. The Kier molecular flexibility index (Phi) is 5.85. The van der Waals surface area contributed by atoms with Crippen LogP contribution in [0.15, 0.2) is 24.3 Å². The predicted molar refractivity (Wildman–Crippen MR) is 71.2 cm³/mol. The maximum Gasteiger partial charge on any atom is 0.338 e. The molecule has 0 bridgehead atoms. The van der Waals surface area contributed by atoms with Crippen molar-refractivity contribution in [3.8, 4) is 5.75 Å². The lowest BCUT2D eigenvalue weighted by atomic mass is 10.2. The number of esters is 1. The van der Waals surface area contributed by atoms with Gasteiger partial charge in [0.1, 0.15) is 5.75 Å². The smallest absolute Gasteiger partial charge is 0.338 e. The van der Waals surface area contributed by atoms with Gasteiger partial charge < -0.3 is 14.4 Å². The Hall–Kier alpha value is -2.04. The summed E-state index contributed by atoms with van der Waals surface area (Å²) in [5.41, 5.74) is 0.464. The minimum atomic E-state index is -0.365. The van der Waals surface area contributed by atoms with Crippen molar-refractivity contribution in [1.29, 1.82) is 0 Å². The molecule has 1 aromatic carbocycles. The summed E-state index contributed by atoms with van der Waals surface area (Å²) in [6, 6.07) is 6.51. The number of carbonyl (C=O) groups excluding carboxylic acids is 2. The van der Waals surface area contributed by atoms with Crippen molar-refractivity contribution in [2.24, 2.45) is 0 Å². The summed E-state index contributed by atoms with van der Waals surface area (Å²) in [6.45, 7) is 4.62. The van der Waals surface area contributed by atoms with E-state index in [1.165, 1.54) is 0 Å². The highest BCUT2D eigenvalue weighted by molar-refractivity contribution is 5.89. The molecular formula is C14H19NO4. The molecule has 0 aliphatic carbocycles. The van der Waals surface area contributed by atoms with Crippen molar-refractivity contribution in [2.75, 3.05) is 26.8 Å². The van der Waals surface area contributed by atoms with Gasteiger partial charge in [0.25, 0.3) is 5.91 Å². The number of nitrogens with zero attached hydrogens (tertiary/aromatic N) is 1. The Morgan fingerprint density at radius 3 is 2.32 bits per heavy atom. The van der Waals surface area contributed by atoms with Crippen LogP contribution in [0.3, 0.4) is 0 Å². The molecule has 0 unspecified atom stereocenters. The van der Waals surface area contributed by atoms with Gasteiger partial charge in [-0.3, -0.25) is 4.79 Å². The van der Waals surface area contributed by atoms with E-state index in [0.29, 0.717) is 24.5 Å². The highest BCUT2D eigenvalue weighted by atomic mass is 16.5. The Morgan fingerprint density at radius 2 is 1.79 bits per heavy atom. The normalized spacial score (nSPS) is 9.84. The molecular weight excluding hydrogens is 246 g/mol. The number of hydrogen-bond acceptors (Lipinski definition) is 4. The van der Waals surface area contributed by atoms with Crippen molar-refractivity contribution in [3.05, 3.63) is 29.8 Å². The van der Waals surface area contributed by atoms with Crippen molar-refractivity contribution >= 4 is 11.9 Å². The largest absolute Gasteiger partial charge is 0.484 e. The van der Waals surface area contributed by atoms with Crippen LogP contribution in [0.5, 0.6) is 5.75 Å². The van der Waals surface area contributed by atoms with Gasteiger partial charge in [0.05, 0.1) is 12.2 Å². The fourth-order valence-electron chi connectivity index (χ4n) is 1.33. The van der Waals surface area contributed by atoms with E-state index in [4.69, 9.17) is 9.47 Å². The molecule has 1 aromatic rings. The summed E-state index contributed by atoms with van der Waals surface area (Å²) < 4.78 is 10.2. The third-order valence-corrected chi connectivity index (χ3v) is 2.63. The van der Waals surface area contributed by atoms with Gasteiger partial charge in [0.15, 0.2) is 6.61 Å². The summed E-state index contributed by atoms with van der Waals surface area (Å²) >= 11 is 0. The SMILES string of the molecule is CCOC(=O)c1ccc(OCC(=O)N(C)CC)cc1. The topological polar surface area (TPSA) is 55.8 Å². The average Bonchev–Trinajstić information content (AvgIpc) is 2.44. The number of likely N-dealkylation sites (N-methyl/N-ethyl adjacent to an activating group) is 1. The third-order valence-electron chi connectivity index (χ3n) is 2.63. The number of carbonyl (C=O) groups is 2. The lowest BCUT2D eigenvalue weighted by Crippen LogP contribution is -2.31. The van der Waals surface area contributed by atoms with Gasteiger partial charge in [-0.15, -0.1) is 0 Å². The van der Waals surface area contributed by atoms with Gasteiger partial charge in [-0.2, -0.15) is 0 Å². The number of ether oxygens (including phenoxy) is 2. The molecule has 5 heteroatoms. The molecule has 0 saturated carbocycles. The van der Waals surface area contributed by atoms with Crippen LogP contribution in [0.4, 0.5) is 0 Å². The summed E-state index contributed by atoms with van der Waals surface area (Å²) in [4.78, 5) is 24.5.